The lowest BCUT2D eigenvalue weighted by atomic mass is 10.2. The van der Waals surface area contributed by atoms with Crippen LogP contribution in [-0.2, 0) is 13.1 Å². The molecule has 0 aromatic carbocycles. The van der Waals surface area contributed by atoms with E-state index in [1.807, 2.05) is 28.8 Å². The fourth-order valence-corrected chi connectivity index (χ4v) is 1.81. The van der Waals surface area contributed by atoms with Crippen molar-refractivity contribution in [1.82, 2.24) is 29.9 Å². The first-order valence-electron chi connectivity index (χ1n) is 6.31. The lowest BCUT2D eigenvalue weighted by Crippen LogP contribution is -2.12. The third-order valence-corrected chi connectivity index (χ3v) is 3.02. The Kier molecular flexibility index (Phi) is 4.09. The summed E-state index contributed by atoms with van der Waals surface area (Å²) in [5, 5.41) is 11.8. The van der Waals surface area contributed by atoms with Crippen molar-refractivity contribution in [3.8, 4) is 0 Å². The van der Waals surface area contributed by atoms with Crippen LogP contribution in [0.4, 0.5) is 0 Å². The van der Waals surface area contributed by atoms with E-state index >= 15 is 0 Å². The normalized spacial score (nSPS) is 12.8. The highest BCUT2D eigenvalue weighted by molar-refractivity contribution is 5.09. The highest BCUT2D eigenvalue weighted by Crippen LogP contribution is 2.10. The highest BCUT2D eigenvalue weighted by Gasteiger charge is 2.08. The van der Waals surface area contributed by atoms with Gasteiger partial charge >= 0.3 is 0 Å². The van der Waals surface area contributed by atoms with Gasteiger partial charge in [-0.1, -0.05) is 6.92 Å². The number of hydrogen-bond acceptors (Lipinski definition) is 4. The zero-order valence-corrected chi connectivity index (χ0v) is 11.2. The second kappa shape index (κ2) is 5.77. The Morgan fingerprint density at radius 2 is 2.22 bits per heavy atom. The Morgan fingerprint density at radius 3 is 2.94 bits per heavy atom. The molecule has 1 N–H and O–H groups in total. The van der Waals surface area contributed by atoms with E-state index in [1.54, 1.807) is 6.33 Å². The Bertz CT molecular complexity index is 486. The van der Waals surface area contributed by atoms with Crippen LogP contribution in [0.5, 0.6) is 0 Å². The first kappa shape index (κ1) is 12.8. The van der Waals surface area contributed by atoms with Crippen LogP contribution in [0.15, 0.2) is 18.7 Å². The summed E-state index contributed by atoms with van der Waals surface area (Å²) < 4.78 is 3.84. The molecule has 0 spiro atoms. The largest absolute Gasteiger partial charge is 0.313 e. The molecule has 0 saturated carbocycles. The maximum absolute atomic E-state index is 4.36. The average molecular weight is 248 g/mol. The lowest BCUT2D eigenvalue weighted by Gasteiger charge is -2.06. The van der Waals surface area contributed by atoms with E-state index in [1.165, 1.54) is 5.56 Å². The molecule has 6 heteroatoms. The van der Waals surface area contributed by atoms with Crippen molar-refractivity contribution >= 4 is 0 Å². The minimum atomic E-state index is 0.312. The summed E-state index contributed by atoms with van der Waals surface area (Å²) in [6, 6.07) is 0.312. The predicted octanol–water partition coefficient (Wildman–Crippen LogP) is 1.21. The summed E-state index contributed by atoms with van der Waals surface area (Å²) in [4.78, 5) is 4.28. The van der Waals surface area contributed by atoms with Crippen molar-refractivity contribution in [2.75, 3.05) is 7.05 Å². The van der Waals surface area contributed by atoms with Gasteiger partial charge in [0.15, 0.2) is 0 Å². The maximum atomic E-state index is 4.36. The third-order valence-electron chi connectivity index (χ3n) is 3.02. The Balaban J connectivity index is 2.09. The molecule has 0 aliphatic carbocycles. The number of nitrogens with zero attached hydrogens (tertiary/aromatic N) is 5. The molecule has 18 heavy (non-hydrogen) atoms. The highest BCUT2D eigenvalue weighted by atomic mass is 15.4. The van der Waals surface area contributed by atoms with Crippen LogP contribution in [0.2, 0.25) is 0 Å². The molecule has 0 saturated heterocycles. The molecule has 0 aliphatic heterocycles. The number of nitrogens with one attached hydrogen (secondary N) is 1. The van der Waals surface area contributed by atoms with E-state index in [9.17, 15) is 0 Å². The molecular formula is C12H20N6. The molecule has 2 heterocycles. The van der Waals surface area contributed by atoms with Crippen LogP contribution in [0.3, 0.4) is 0 Å². The van der Waals surface area contributed by atoms with Gasteiger partial charge in [-0.15, -0.1) is 0 Å². The van der Waals surface area contributed by atoms with Gasteiger partial charge in [0.25, 0.3) is 0 Å². The summed E-state index contributed by atoms with van der Waals surface area (Å²) in [7, 11) is 1.94. The van der Waals surface area contributed by atoms with Crippen LogP contribution < -0.4 is 5.32 Å². The van der Waals surface area contributed by atoms with E-state index in [4.69, 9.17) is 0 Å². The topological polar surface area (TPSA) is 60.6 Å². The van der Waals surface area contributed by atoms with E-state index in [-0.39, 0.29) is 0 Å². The smallest absolute Gasteiger partial charge is 0.148 e. The molecule has 0 aliphatic rings. The van der Waals surface area contributed by atoms with Gasteiger partial charge in [-0.2, -0.15) is 10.2 Å². The monoisotopic (exact) mass is 248 g/mol. The van der Waals surface area contributed by atoms with Gasteiger partial charge < -0.3 is 5.32 Å². The summed E-state index contributed by atoms with van der Waals surface area (Å²) in [5.74, 6) is 0.948. The second-order valence-electron chi connectivity index (χ2n) is 4.38. The van der Waals surface area contributed by atoms with Gasteiger partial charge in [-0.05, 0) is 20.4 Å². The lowest BCUT2D eigenvalue weighted by molar-refractivity contribution is 0.538. The van der Waals surface area contributed by atoms with Crippen molar-refractivity contribution < 1.29 is 0 Å². The molecule has 1 atom stereocenters. The Morgan fingerprint density at radius 1 is 1.39 bits per heavy atom. The van der Waals surface area contributed by atoms with Gasteiger partial charge in [-0.3, -0.25) is 4.68 Å². The number of aromatic nitrogens is 5. The molecule has 0 bridgehead atoms. The minimum Gasteiger partial charge on any atom is -0.313 e. The molecular weight excluding hydrogens is 228 g/mol. The fraction of sp³-hybridized carbons (Fsp3) is 0.583. The molecule has 2 aromatic heterocycles. The number of rotatable bonds is 6. The van der Waals surface area contributed by atoms with Crippen molar-refractivity contribution in [3.63, 3.8) is 0 Å². The van der Waals surface area contributed by atoms with Crippen LogP contribution >= 0.6 is 0 Å². The van der Waals surface area contributed by atoms with E-state index in [0.29, 0.717) is 12.6 Å². The predicted molar refractivity (Wildman–Crippen MR) is 69.1 cm³/mol. The molecule has 0 fully saturated rings. The molecule has 98 valence electrons. The van der Waals surface area contributed by atoms with Crippen molar-refractivity contribution in [2.24, 2.45) is 0 Å². The van der Waals surface area contributed by atoms with E-state index in [0.717, 1.165) is 18.8 Å². The standard InChI is InChI=1S/C12H20N6/c1-4-5-18-12(14-9-16-18)8-17-7-11(6-15-17)10(2)13-3/h6-7,9-10,13H,4-5,8H2,1-3H3. The first-order chi connectivity index (χ1) is 8.74. The minimum absolute atomic E-state index is 0.312. The van der Waals surface area contributed by atoms with Crippen LogP contribution in [-0.4, -0.2) is 31.6 Å². The summed E-state index contributed by atoms with van der Waals surface area (Å²) in [6.45, 7) is 5.81. The van der Waals surface area contributed by atoms with E-state index in [2.05, 4.69) is 34.3 Å². The van der Waals surface area contributed by atoms with Crippen LogP contribution in [0.25, 0.3) is 0 Å². The number of hydrogen-bond donors (Lipinski definition) is 1. The maximum Gasteiger partial charge on any atom is 0.148 e. The summed E-state index contributed by atoms with van der Waals surface area (Å²) in [6.07, 6.45) is 6.59. The number of aryl methyl sites for hydroxylation is 1. The third kappa shape index (κ3) is 2.76. The van der Waals surface area contributed by atoms with Gasteiger partial charge in [0.2, 0.25) is 0 Å². The molecule has 6 nitrogen and oxygen atoms in total. The summed E-state index contributed by atoms with van der Waals surface area (Å²) in [5.41, 5.74) is 1.18. The summed E-state index contributed by atoms with van der Waals surface area (Å²) >= 11 is 0. The van der Waals surface area contributed by atoms with Crippen molar-refractivity contribution in [2.45, 2.75) is 39.4 Å². The van der Waals surface area contributed by atoms with E-state index < -0.39 is 0 Å². The molecule has 0 radical (unpaired) electrons. The van der Waals surface area contributed by atoms with Gasteiger partial charge in [-0.25, -0.2) is 9.67 Å². The Hall–Kier alpha value is -1.69. The zero-order chi connectivity index (χ0) is 13.0. The molecule has 1 unspecified atom stereocenters. The molecule has 2 aromatic rings. The van der Waals surface area contributed by atoms with Crippen molar-refractivity contribution in [3.05, 3.63) is 30.1 Å². The fourth-order valence-electron chi connectivity index (χ4n) is 1.81. The molecule has 0 amide bonds. The quantitative estimate of drug-likeness (QED) is 0.835. The zero-order valence-electron chi connectivity index (χ0n) is 11.2. The average Bonchev–Trinajstić information content (AvgIpc) is 3.00. The van der Waals surface area contributed by atoms with Crippen LogP contribution in [0, 0.1) is 0 Å². The molecule has 2 rings (SSSR count). The van der Waals surface area contributed by atoms with Crippen LogP contribution in [0.1, 0.15) is 37.7 Å². The van der Waals surface area contributed by atoms with Gasteiger partial charge in [0, 0.05) is 24.3 Å². The van der Waals surface area contributed by atoms with Crippen molar-refractivity contribution in [1.29, 1.82) is 0 Å². The second-order valence-corrected chi connectivity index (χ2v) is 4.38. The first-order valence-corrected chi connectivity index (χ1v) is 6.31. The SMILES string of the molecule is CCCn1ncnc1Cn1cc(C(C)NC)cn1. The van der Waals surface area contributed by atoms with Gasteiger partial charge in [0.1, 0.15) is 18.7 Å². The Labute approximate surface area is 107 Å². The van der Waals surface area contributed by atoms with Gasteiger partial charge in [0.05, 0.1) is 6.20 Å².